The summed E-state index contributed by atoms with van der Waals surface area (Å²) in [5.41, 5.74) is -1.49. The number of nitrogens with one attached hydrogen (secondary N) is 1. The number of β-amino-alcohol motifs (C(OH)–C–C–N with tert-alkyl or cyclic N) is 2. The summed E-state index contributed by atoms with van der Waals surface area (Å²) in [6.07, 6.45) is -1.13. The highest BCUT2D eigenvalue weighted by molar-refractivity contribution is 7.89. The lowest BCUT2D eigenvalue weighted by Gasteiger charge is -2.29. The molecule has 2 saturated heterocycles. The highest BCUT2D eigenvalue weighted by Crippen LogP contribution is 2.27. The SMILES string of the molecule is O=S(=O)(c1ccccc1)N1C[C@@H](O)[C@](O)(CNCCN2CCOCC2)C1. The van der Waals surface area contributed by atoms with Gasteiger partial charge in [-0.15, -0.1) is 0 Å². The van der Waals surface area contributed by atoms with Crippen LogP contribution in [0.15, 0.2) is 35.2 Å². The van der Waals surface area contributed by atoms with Crippen LogP contribution in [0, 0.1) is 0 Å². The Morgan fingerprint density at radius 1 is 1.23 bits per heavy atom. The van der Waals surface area contributed by atoms with Crippen LogP contribution in [-0.4, -0.2) is 98.6 Å². The van der Waals surface area contributed by atoms with Gasteiger partial charge in [0.1, 0.15) is 5.60 Å². The standard InChI is InChI=1S/C17H27N3O5S/c21-16-12-20(26(23,24)15-4-2-1-3-5-15)14-17(16,22)13-18-6-7-19-8-10-25-11-9-19/h1-5,16,18,21-22H,6-14H2/t16-,17+/m1/s1. The Kier molecular flexibility index (Phi) is 6.29. The number of rotatable bonds is 7. The highest BCUT2D eigenvalue weighted by atomic mass is 32.2. The molecule has 0 spiro atoms. The molecule has 8 nitrogen and oxygen atoms in total. The Hall–Kier alpha value is -1.07. The summed E-state index contributed by atoms with van der Waals surface area (Å²) in [6, 6.07) is 8.07. The minimum absolute atomic E-state index is 0.112. The van der Waals surface area contributed by atoms with Gasteiger partial charge in [0.05, 0.1) is 24.2 Å². The average Bonchev–Trinajstić information content (AvgIpc) is 2.96. The molecule has 3 rings (SSSR count). The van der Waals surface area contributed by atoms with Gasteiger partial charge in [0.25, 0.3) is 0 Å². The van der Waals surface area contributed by atoms with Crippen LogP contribution in [0.3, 0.4) is 0 Å². The van der Waals surface area contributed by atoms with Crippen molar-refractivity contribution in [3.05, 3.63) is 30.3 Å². The van der Waals surface area contributed by atoms with E-state index in [9.17, 15) is 18.6 Å². The Balaban J connectivity index is 1.53. The zero-order valence-electron chi connectivity index (χ0n) is 14.7. The predicted molar refractivity (Wildman–Crippen MR) is 96.3 cm³/mol. The van der Waals surface area contributed by atoms with E-state index < -0.39 is 21.7 Å². The lowest BCUT2D eigenvalue weighted by Crippen LogP contribution is -2.51. The van der Waals surface area contributed by atoms with Gasteiger partial charge in [-0.3, -0.25) is 4.90 Å². The van der Waals surface area contributed by atoms with Crippen molar-refractivity contribution in [2.24, 2.45) is 0 Å². The van der Waals surface area contributed by atoms with Gasteiger partial charge >= 0.3 is 0 Å². The van der Waals surface area contributed by atoms with Crippen LogP contribution in [0.5, 0.6) is 0 Å². The van der Waals surface area contributed by atoms with Crippen LogP contribution in [0.1, 0.15) is 0 Å². The second-order valence-electron chi connectivity index (χ2n) is 6.86. The topological polar surface area (TPSA) is 102 Å². The van der Waals surface area contributed by atoms with Gasteiger partial charge in [-0.05, 0) is 12.1 Å². The van der Waals surface area contributed by atoms with Gasteiger partial charge in [0, 0.05) is 45.8 Å². The summed E-state index contributed by atoms with van der Waals surface area (Å²) in [5.74, 6) is 0. The molecule has 146 valence electrons. The van der Waals surface area contributed by atoms with Gasteiger partial charge < -0.3 is 20.3 Å². The van der Waals surface area contributed by atoms with E-state index in [0.29, 0.717) is 6.54 Å². The minimum Gasteiger partial charge on any atom is -0.389 e. The molecule has 2 heterocycles. The molecule has 0 amide bonds. The number of nitrogens with zero attached hydrogens (tertiary/aromatic N) is 2. The van der Waals surface area contributed by atoms with Crippen molar-refractivity contribution in [1.29, 1.82) is 0 Å². The van der Waals surface area contributed by atoms with Crippen LogP contribution >= 0.6 is 0 Å². The van der Waals surface area contributed by atoms with E-state index in [2.05, 4.69) is 10.2 Å². The summed E-state index contributed by atoms with van der Waals surface area (Å²) < 4.78 is 31.8. The van der Waals surface area contributed by atoms with Crippen molar-refractivity contribution in [2.45, 2.75) is 16.6 Å². The molecule has 1 aromatic rings. The molecule has 2 fully saturated rings. The zero-order chi connectivity index (χ0) is 18.6. The number of ether oxygens (including phenoxy) is 1. The predicted octanol–water partition coefficient (Wildman–Crippen LogP) is -1.30. The van der Waals surface area contributed by atoms with Crippen LogP contribution in [0.4, 0.5) is 0 Å². The highest BCUT2D eigenvalue weighted by Gasteiger charge is 2.48. The van der Waals surface area contributed by atoms with Crippen LogP contribution in [-0.2, 0) is 14.8 Å². The Labute approximate surface area is 154 Å². The van der Waals surface area contributed by atoms with Gasteiger partial charge in [0.15, 0.2) is 0 Å². The first kappa shape index (κ1) is 19.7. The van der Waals surface area contributed by atoms with Gasteiger partial charge in [-0.1, -0.05) is 18.2 Å². The number of morpholine rings is 1. The van der Waals surface area contributed by atoms with Crippen molar-refractivity contribution in [2.75, 3.05) is 59.0 Å². The van der Waals surface area contributed by atoms with Gasteiger partial charge in [0.2, 0.25) is 10.0 Å². The average molecular weight is 385 g/mol. The second-order valence-corrected chi connectivity index (χ2v) is 8.80. The lowest BCUT2D eigenvalue weighted by molar-refractivity contribution is -0.0387. The maximum Gasteiger partial charge on any atom is 0.243 e. The second kappa shape index (κ2) is 8.30. The molecule has 2 aliphatic rings. The largest absolute Gasteiger partial charge is 0.389 e. The third-order valence-electron chi connectivity index (χ3n) is 4.97. The zero-order valence-corrected chi connectivity index (χ0v) is 15.6. The summed E-state index contributed by atoms with van der Waals surface area (Å²) in [5, 5.41) is 24.1. The van der Waals surface area contributed by atoms with Crippen molar-refractivity contribution >= 4 is 10.0 Å². The first-order valence-electron chi connectivity index (χ1n) is 8.88. The maximum absolute atomic E-state index is 12.7. The first-order chi connectivity index (χ1) is 12.4. The minimum atomic E-state index is -3.73. The number of aliphatic hydroxyl groups excluding tert-OH is 1. The van der Waals surface area contributed by atoms with Crippen molar-refractivity contribution in [3.8, 4) is 0 Å². The normalized spacial score (nSPS) is 28.5. The number of sulfonamides is 1. The van der Waals surface area contributed by atoms with Gasteiger partial charge in [-0.2, -0.15) is 4.31 Å². The first-order valence-corrected chi connectivity index (χ1v) is 10.3. The third-order valence-corrected chi connectivity index (χ3v) is 6.79. The number of hydrogen-bond acceptors (Lipinski definition) is 7. The maximum atomic E-state index is 12.7. The molecule has 0 saturated carbocycles. The molecule has 0 bridgehead atoms. The summed E-state index contributed by atoms with van der Waals surface area (Å²) >= 11 is 0. The third kappa shape index (κ3) is 4.42. The van der Waals surface area contributed by atoms with E-state index in [-0.39, 0.29) is 24.5 Å². The fourth-order valence-electron chi connectivity index (χ4n) is 3.30. The lowest BCUT2D eigenvalue weighted by atomic mass is 10.0. The van der Waals surface area contributed by atoms with E-state index >= 15 is 0 Å². The Morgan fingerprint density at radius 2 is 1.92 bits per heavy atom. The molecule has 3 N–H and O–H groups in total. The monoisotopic (exact) mass is 385 g/mol. The van der Waals surface area contributed by atoms with Crippen LogP contribution < -0.4 is 5.32 Å². The van der Waals surface area contributed by atoms with Crippen LogP contribution in [0.2, 0.25) is 0 Å². The smallest absolute Gasteiger partial charge is 0.243 e. The molecule has 0 aliphatic carbocycles. The summed E-state index contributed by atoms with van der Waals surface area (Å²) in [7, 11) is -3.73. The van der Waals surface area contributed by atoms with Crippen molar-refractivity contribution < 1.29 is 23.4 Å². The molecule has 0 unspecified atom stereocenters. The van der Waals surface area contributed by atoms with E-state index in [0.717, 1.165) is 37.2 Å². The summed E-state index contributed by atoms with van der Waals surface area (Å²) in [6.45, 7) is 4.61. The number of benzene rings is 1. The van der Waals surface area contributed by atoms with Crippen molar-refractivity contribution in [1.82, 2.24) is 14.5 Å². The molecule has 1 aromatic carbocycles. The molecule has 0 aromatic heterocycles. The quantitative estimate of drug-likeness (QED) is 0.502. The van der Waals surface area contributed by atoms with Crippen LogP contribution in [0.25, 0.3) is 0 Å². The molecule has 2 atom stereocenters. The molecule has 26 heavy (non-hydrogen) atoms. The molecule has 0 radical (unpaired) electrons. The fraction of sp³-hybridized carbons (Fsp3) is 0.647. The molecular weight excluding hydrogens is 358 g/mol. The Bertz CT molecular complexity index is 681. The molecule has 9 heteroatoms. The van der Waals surface area contributed by atoms with E-state index in [1.165, 1.54) is 12.1 Å². The number of hydrogen-bond donors (Lipinski definition) is 3. The van der Waals surface area contributed by atoms with Gasteiger partial charge in [-0.25, -0.2) is 8.42 Å². The van der Waals surface area contributed by atoms with Crippen molar-refractivity contribution in [3.63, 3.8) is 0 Å². The summed E-state index contributed by atoms with van der Waals surface area (Å²) in [4.78, 5) is 2.43. The van der Waals surface area contributed by atoms with E-state index in [4.69, 9.17) is 4.74 Å². The van der Waals surface area contributed by atoms with E-state index in [1.807, 2.05) is 0 Å². The Morgan fingerprint density at radius 3 is 2.62 bits per heavy atom. The van der Waals surface area contributed by atoms with E-state index in [1.54, 1.807) is 18.2 Å². The molecular formula is C17H27N3O5S. The molecule has 2 aliphatic heterocycles. The number of aliphatic hydroxyl groups is 2. The fourth-order valence-corrected chi connectivity index (χ4v) is 4.83.